The summed E-state index contributed by atoms with van der Waals surface area (Å²) in [5.41, 5.74) is 2.36. The smallest absolute Gasteiger partial charge is 0.111 e. The maximum absolute atomic E-state index is 6.09. The van der Waals surface area contributed by atoms with E-state index in [2.05, 4.69) is 36.4 Å². The van der Waals surface area contributed by atoms with Gasteiger partial charge in [0.2, 0.25) is 0 Å². The number of hydrogen-bond acceptors (Lipinski definition) is 4. The Bertz CT molecular complexity index is 708. The molecule has 0 radical (unpaired) electrons. The molecule has 0 amide bonds. The first kappa shape index (κ1) is 18.4. The molecular formula is C23H26O4. The Hall–Kier alpha value is -1.98. The molecule has 0 bridgehead atoms. The van der Waals surface area contributed by atoms with Crippen molar-refractivity contribution < 1.29 is 18.9 Å². The Balaban J connectivity index is 1.27. The molecule has 2 aromatic rings. The Morgan fingerprint density at radius 3 is 1.93 bits per heavy atom. The van der Waals surface area contributed by atoms with E-state index in [-0.39, 0.29) is 24.4 Å². The van der Waals surface area contributed by atoms with Gasteiger partial charge in [0.05, 0.1) is 32.5 Å². The Kier molecular flexibility index (Phi) is 6.32. The zero-order valence-corrected chi connectivity index (χ0v) is 15.4. The van der Waals surface area contributed by atoms with Crippen LogP contribution in [0.1, 0.15) is 17.5 Å². The zero-order valence-electron chi connectivity index (χ0n) is 15.4. The van der Waals surface area contributed by atoms with Crippen LogP contribution in [0, 0.1) is 0 Å². The summed E-state index contributed by atoms with van der Waals surface area (Å²) in [6.45, 7) is 2.75. The Morgan fingerprint density at radius 2 is 1.37 bits per heavy atom. The fourth-order valence-corrected chi connectivity index (χ4v) is 3.02. The van der Waals surface area contributed by atoms with Crippen molar-refractivity contribution in [2.45, 2.75) is 44.1 Å². The first-order valence-electron chi connectivity index (χ1n) is 9.59. The van der Waals surface area contributed by atoms with Crippen molar-refractivity contribution in [3.8, 4) is 0 Å². The number of benzene rings is 2. The molecule has 2 fully saturated rings. The van der Waals surface area contributed by atoms with E-state index in [0.717, 1.165) is 19.6 Å². The summed E-state index contributed by atoms with van der Waals surface area (Å²) in [4.78, 5) is 0. The molecule has 0 aliphatic carbocycles. The lowest BCUT2D eigenvalue weighted by molar-refractivity contribution is 0.0229. The van der Waals surface area contributed by atoms with Crippen LogP contribution in [0.4, 0.5) is 0 Å². The van der Waals surface area contributed by atoms with Crippen molar-refractivity contribution >= 4 is 0 Å². The molecule has 2 aromatic carbocycles. The van der Waals surface area contributed by atoms with Crippen molar-refractivity contribution in [2.75, 3.05) is 13.2 Å². The van der Waals surface area contributed by atoms with Gasteiger partial charge in [-0.05, 0) is 17.5 Å². The van der Waals surface area contributed by atoms with Crippen LogP contribution in [0.15, 0.2) is 72.8 Å². The molecule has 27 heavy (non-hydrogen) atoms. The maximum atomic E-state index is 6.09. The maximum Gasteiger partial charge on any atom is 0.111 e. The van der Waals surface area contributed by atoms with Gasteiger partial charge in [0, 0.05) is 0 Å². The van der Waals surface area contributed by atoms with E-state index in [1.54, 1.807) is 0 Å². The van der Waals surface area contributed by atoms with Crippen LogP contribution in [-0.2, 0) is 32.2 Å². The van der Waals surface area contributed by atoms with Gasteiger partial charge in [-0.2, -0.15) is 0 Å². The average molecular weight is 366 g/mol. The monoisotopic (exact) mass is 366 g/mol. The lowest BCUT2D eigenvalue weighted by Gasteiger charge is -2.15. The molecule has 0 N–H and O–H groups in total. The van der Waals surface area contributed by atoms with Crippen LogP contribution >= 0.6 is 0 Å². The van der Waals surface area contributed by atoms with Crippen molar-refractivity contribution in [2.24, 2.45) is 0 Å². The first-order valence-corrected chi connectivity index (χ1v) is 9.59. The van der Waals surface area contributed by atoms with Gasteiger partial charge in [-0.3, -0.25) is 0 Å². The summed E-state index contributed by atoms with van der Waals surface area (Å²) in [7, 11) is 0. The Labute approximate surface area is 160 Å². The van der Waals surface area contributed by atoms with Gasteiger partial charge in [0.15, 0.2) is 0 Å². The molecule has 0 unspecified atom stereocenters. The quantitative estimate of drug-likeness (QED) is 0.447. The third-order valence-electron chi connectivity index (χ3n) is 4.79. The minimum Gasteiger partial charge on any atom is -0.370 e. The highest BCUT2D eigenvalue weighted by Crippen LogP contribution is 2.23. The van der Waals surface area contributed by atoms with E-state index in [0.29, 0.717) is 13.2 Å². The van der Waals surface area contributed by atoms with Gasteiger partial charge in [-0.15, -0.1) is 0 Å². The molecule has 4 nitrogen and oxygen atoms in total. The number of ether oxygens (including phenoxy) is 4. The minimum atomic E-state index is -0.0138. The van der Waals surface area contributed by atoms with Gasteiger partial charge in [0.25, 0.3) is 0 Å². The van der Waals surface area contributed by atoms with E-state index in [4.69, 9.17) is 18.9 Å². The number of rotatable bonds is 11. The van der Waals surface area contributed by atoms with E-state index in [1.807, 2.05) is 36.4 Å². The molecule has 2 heterocycles. The van der Waals surface area contributed by atoms with E-state index in [9.17, 15) is 0 Å². The zero-order chi connectivity index (χ0) is 18.3. The lowest BCUT2D eigenvalue weighted by Crippen LogP contribution is -2.20. The highest BCUT2D eigenvalue weighted by Gasteiger charge is 2.34. The van der Waals surface area contributed by atoms with Crippen LogP contribution in [0.3, 0.4) is 0 Å². The summed E-state index contributed by atoms with van der Waals surface area (Å²) < 4.78 is 23.1. The van der Waals surface area contributed by atoms with E-state index < -0.39 is 0 Å². The van der Waals surface area contributed by atoms with Gasteiger partial charge in [-0.1, -0.05) is 72.8 Å². The molecular weight excluding hydrogens is 340 g/mol. The van der Waals surface area contributed by atoms with Crippen LogP contribution in [-0.4, -0.2) is 37.6 Å². The second-order valence-electron chi connectivity index (χ2n) is 7.00. The molecule has 4 atom stereocenters. The summed E-state index contributed by atoms with van der Waals surface area (Å²) in [5.74, 6) is 0. The topological polar surface area (TPSA) is 43.5 Å². The van der Waals surface area contributed by atoms with Crippen molar-refractivity contribution in [1.82, 2.24) is 0 Å². The first-order chi connectivity index (χ1) is 13.4. The highest BCUT2D eigenvalue weighted by atomic mass is 16.6. The second-order valence-corrected chi connectivity index (χ2v) is 7.00. The lowest BCUT2D eigenvalue weighted by atomic mass is 10.1. The normalized spacial score (nSPS) is 23.3. The fourth-order valence-electron chi connectivity index (χ4n) is 3.02. The van der Waals surface area contributed by atoms with Gasteiger partial charge in [-0.25, -0.2) is 0 Å². The molecule has 2 aliphatic rings. The highest BCUT2D eigenvalue weighted by molar-refractivity contribution is 5.14. The SMILES string of the molecule is C(=C/[C@H](OCc1ccccc1)[C@H]1CO1)/C[C@H](OCc1ccccc1)[C@H]1CO1. The predicted molar refractivity (Wildman–Crippen MR) is 103 cm³/mol. The number of epoxide rings is 2. The van der Waals surface area contributed by atoms with Gasteiger partial charge in [0.1, 0.15) is 18.3 Å². The standard InChI is InChI=1S/C23H26O4/c1-3-8-18(9-4-1)14-24-20(22-16-26-22)12-7-13-21(23-17-27-23)25-15-19-10-5-2-6-11-19/h1-12,20-23H,13-17H2/b12-7-/t20-,21-,22+,23+/m0/s1. The summed E-state index contributed by atoms with van der Waals surface area (Å²) in [5, 5.41) is 0. The molecule has 142 valence electrons. The van der Waals surface area contributed by atoms with Crippen molar-refractivity contribution in [3.05, 3.63) is 83.9 Å². The average Bonchev–Trinajstić information content (AvgIpc) is 3.61. The third-order valence-corrected chi connectivity index (χ3v) is 4.79. The molecule has 2 aliphatic heterocycles. The summed E-state index contributed by atoms with van der Waals surface area (Å²) in [6, 6.07) is 20.5. The molecule has 4 heteroatoms. The second kappa shape index (κ2) is 9.29. The van der Waals surface area contributed by atoms with Crippen LogP contribution in [0.25, 0.3) is 0 Å². The fraction of sp³-hybridized carbons (Fsp3) is 0.391. The molecule has 2 saturated heterocycles. The third kappa shape index (κ3) is 6.01. The summed E-state index contributed by atoms with van der Waals surface area (Å²) in [6.07, 6.45) is 5.52. The van der Waals surface area contributed by atoms with E-state index in [1.165, 1.54) is 11.1 Å². The predicted octanol–water partition coefficient (Wildman–Crippen LogP) is 3.90. The molecule has 4 rings (SSSR count). The number of hydrogen-bond donors (Lipinski definition) is 0. The van der Waals surface area contributed by atoms with Gasteiger partial charge < -0.3 is 18.9 Å². The van der Waals surface area contributed by atoms with Crippen LogP contribution in [0.5, 0.6) is 0 Å². The van der Waals surface area contributed by atoms with Crippen molar-refractivity contribution in [1.29, 1.82) is 0 Å². The van der Waals surface area contributed by atoms with Crippen LogP contribution < -0.4 is 0 Å². The van der Waals surface area contributed by atoms with Gasteiger partial charge >= 0.3 is 0 Å². The van der Waals surface area contributed by atoms with E-state index >= 15 is 0 Å². The van der Waals surface area contributed by atoms with Crippen LogP contribution in [0.2, 0.25) is 0 Å². The minimum absolute atomic E-state index is 0.0138. The largest absolute Gasteiger partial charge is 0.370 e. The Morgan fingerprint density at radius 1 is 0.815 bits per heavy atom. The molecule has 0 aromatic heterocycles. The molecule has 0 saturated carbocycles. The van der Waals surface area contributed by atoms with Crippen molar-refractivity contribution in [3.63, 3.8) is 0 Å². The summed E-state index contributed by atoms with van der Waals surface area (Å²) >= 11 is 0. The molecule has 0 spiro atoms.